The fraction of sp³-hybridized carbons (Fsp3) is 0.417. The molecule has 4 heteroatoms. The average molecular weight is 240 g/mol. The van der Waals surface area contributed by atoms with Crippen LogP contribution >= 0.6 is 11.6 Å². The number of hydrogen-bond acceptors (Lipinski definition) is 2. The topological polar surface area (TPSA) is 29.5 Å². The molecule has 1 amide bonds. The van der Waals surface area contributed by atoms with Crippen molar-refractivity contribution in [3.63, 3.8) is 0 Å². The van der Waals surface area contributed by atoms with Crippen molar-refractivity contribution in [3.8, 4) is 5.75 Å². The van der Waals surface area contributed by atoms with Gasteiger partial charge in [0.15, 0.2) is 0 Å². The van der Waals surface area contributed by atoms with E-state index in [0.29, 0.717) is 18.0 Å². The van der Waals surface area contributed by atoms with Crippen LogP contribution in [-0.2, 0) is 11.3 Å². The van der Waals surface area contributed by atoms with Gasteiger partial charge in [-0.25, -0.2) is 0 Å². The molecule has 1 aromatic rings. The fourth-order valence-electron chi connectivity index (χ4n) is 1.95. The first kappa shape index (κ1) is 11.3. The third-order valence-electron chi connectivity index (χ3n) is 2.78. The van der Waals surface area contributed by atoms with E-state index in [1.54, 1.807) is 13.2 Å². The van der Waals surface area contributed by atoms with Gasteiger partial charge in [0.1, 0.15) is 5.75 Å². The molecule has 2 rings (SSSR count). The van der Waals surface area contributed by atoms with Crippen molar-refractivity contribution in [3.05, 3.63) is 28.8 Å². The van der Waals surface area contributed by atoms with Crippen LogP contribution in [0.5, 0.6) is 5.75 Å². The lowest BCUT2D eigenvalue weighted by atomic mass is 10.2. The monoisotopic (exact) mass is 239 g/mol. The lowest BCUT2D eigenvalue weighted by molar-refractivity contribution is -0.128. The van der Waals surface area contributed by atoms with Crippen molar-refractivity contribution in [1.29, 1.82) is 0 Å². The van der Waals surface area contributed by atoms with Gasteiger partial charge >= 0.3 is 0 Å². The van der Waals surface area contributed by atoms with Crippen molar-refractivity contribution in [2.24, 2.45) is 0 Å². The molecule has 0 unspecified atom stereocenters. The molecule has 1 aliphatic heterocycles. The maximum atomic E-state index is 11.5. The Morgan fingerprint density at radius 1 is 1.50 bits per heavy atom. The summed E-state index contributed by atoms with van der Waals surface area (Å²) in [6.45, 7) is 1.41. The van der Waals surface area contributed by atoms with Crippen molar-refractivity contribution >= 4 is 17.5 Å². The lowest BCUT2D eigenvalue weighted by Crippen LogP contribution is -2.24. The number of likely N-dealkylation sites (tertiary alicyclic amines) is 1. The lowest BCUT2D eigenvalue weighted by Gasteiger charge is -2.17. The second kappa shape index (κ2) is 4.74. The number of amides is 1. The first-order valence-electron chi connectivity index (χ1n) is 5.31. The number of benzene rings is 1. The minimum atomic E-state index is 0.210. The molecule has 1 heterocycles. The maximum absolute atomic E-state index is 11.5. The molecule has 0 aliphatic carbocycles. The molecule has 0 saturated carbocycles. The number of nitrogens with zero attached hydrogens (tertiary/aromatic N) is 1. The molecule has 0 spiro atoms. The van der Waals surface area contributed by atoms with E-state index in [9.17, 15) is 4.79 Å². The Labute approximate surface area is 100.0 Å². The van der Waals surface area contributed by atoms with Crippen LogP contribution in [0.1, 0.15) is 18.4 Å². The average Bonchev–Trinajstić information content (AvgIpc) is 2.65. The van der Waals surface area contributed by atoms with Gasteiger partial charge in [0.05, 0.1) is 7.11 Å². The van der Waals surface area contributed by atoms with Crippen LogP contribution in [0.2, 0.25) is 5.02 Å². The summed E-state index contributed by atoms with van der Waals surface area (Å²) < 4.78 is 5.25. The summed E-state index contributed by atoms with van der Waals surface area (Å²) in [5.41, 5.74) is 0.963. The van der Waals surface area contributed by atoms with Gasteiger partial charge in [-0.15, -0.1) is 0 Å². The van der Waals surface area contributed by atoms with Crippen molar-refractivity contribution < 1.29 is 9.53 Å². The van der Waals surface area contributed by atoms with Gasteiger partial charge in [0, 0.05) is 30.1 Å². The van der Waals surface area contributed by atoms with Crippen molar-refractivity contribution in [2.45, 2.75) is 19.4 Å². The molecule has 0 radical (unpaired) electrons. The minimum absolute atomic E-state index is 0.210. The van der Waals surface area contributed by atoms with Gasteiger partial charge in [0.2, 0.25) is 5.91 Å². The summed E-state index contributed by atoms with van der Waals surface area (Å²) in [6.07, 6.45) is 1.60. The maximum Gasteiger partial charge on any atom is 0.222 e. The van der Waals surface area contributed by atoms with Crippen LogP contribution in [0, 0.1) is 0 Å². The predicted molar refractivity (Wildman–Crippen MR) is 62.7 cm³/mol. The van der Waals surface area contributed by atoms with E-state index in [2.05, 4.69) is 0 Å². The number of carbonyl (C=O) groups excluding carboxylic acids is 1. The van der Waals surface area contributed by atoms with Crippen LogP contribution in [0.25, 0.3) is 0 Å². The van der Waals surface area contributed by atoms with Crippen molar-refractivity contribution in [2.75, 3.05) is 13.7 Å². The molecule has 16 heavy (non-hydrogen) atoms. The number of hydrogen-bond donors (Lipinski definition) is 0. The molecule has 1 aromatic carbocycles. The van der Waals surface area contributed by atoms with Crippen LogP contribution in [0.4, 0.5) is 0 Å². The Kier molecular flexibility index (Phi) is 3.34. The van der Waals surface area contributed by atoms with Crippen LogP contribution in [-0.4, -0.2) is 24.5 Å². The minimum Gasteiger partial charge on any atom is -0.496 e. The fourth-order valence-corrected chi connectivity index (χ4v) is 2.14. The van der Waals surface area contributed by atoms with Gasteiger partial charge in [-0.1, -0.05) is 11.6 Å². The third-order valence-corrected chi connectivity index (χ3v) is 3.01. The molecule has 1 saturated heterocycles. The van der Waals surface area contributed by atoms with E-state index in [4.69, 9.17) is 16.3 Å². The summed E-state index contributed by atoms with van der Waals surface area (Å²) in [7, 11) is 1.62. The highest BCUT2D eigenvalue weighted by atomic mass is 35.5. The molecule has 0 atom stereocenters. The highest BCUT2D eigenvalue weighted by molar-refractivity contribution is 6.30. The SMILES string of the molecule is COc1ccc(Cl)cc1CN1CCCC1=O. The zero-order valence-corrected chi connectivity index (χ0v) is 9.96. The van der Waals surface area contributed by atoms with E-state index in [0.717, 1.165) is 24.3 Å². The zero-order valence-electron chi connectivity index (χ0n) is 9.20. The zero-order chi connectivity index (χ0) is 11.5. The van der Waals surface area contributed by atoms with Crippen LogP contribution in [0.15, 0.2) is 18.2 Å². The van der Waals surface area contributed by atoms with E-state index < -0.39 is 0 Å². The first-order valence-corrected chi connectivity index (χ1v) is 5.68. The summed E-state index contributed by atoms with van der Waals surface area (Å²) in [5, 5.41) is 0.669. The summed E-state index contributed by atoms with van der Waals surface area (Å²) in [4.78, 5) is 13.4. The molecule has 86 valence electrons. The Hall–Kier alpha value is -1.22. The second-order valence-corrected chi connectivity index (χ2v) is 4.31. The molecule has 0 aromatic heterocycles. The molecular formula is C12H14ClNO2. The predicted octanol–water partition coefficient (Wildman–Crippen LogP) is 2.47. The highest BCUT2D eigenvalue weighted by Crippen LogP contribution is 2.25. The number of rotatable bonds is 3. The standard InChI is InChI=1S/C12H14ClNO2/c1-16-11-5-4-10(13)7-9(11)8-14-6-2-3-12(14)15/h4-5,7H,2-3,6,8H2,1H3. The normalized spacial score (nSPS) is 15.6. The van der Waals surface area contributed by atoms with E-state index >= 15 is 0 Å². The number of ether oxygens (including phenoxy) is 1. The van der Waals surface area contributed by atoms with Crippen LogP contribution < -0.4 is 4.74 Å². The van der Waals surface area contributed by atoms with Gasteiger partial charge in [0.25, 0.3) is 0 Å². The Morgan fingerprint density at radius 3 is 2.94 bits per heavy atom. The number of halogens is 1. The first-order chi connectivity index (χ1) is 7.70. The second-order valence-electron chi connectivity index (χ2n) is 3.88. The van der Waals surface area contributed by atoms with Gasteiger partial charge in [-0.2, -0.15) is 0 Å². The smallest absolute Gasteiger partial charge is 0.222 e. The Balaban J connectivity index is 2.19. The van der Waals surface area contributed by atoms with E-state index in [1.165, 1.54) is 0 Å². The quantitative estimate of drug-likeness (QED) is 0.811. The summed E-state index contributed by atoms with van der Waals surface area (Å²) >= 11 is 5.94. The molecule has 0 N–H and O–H groups in total. The van der Waals surface area contributed by atoms with E-state index in [1.807, 2.05) is 17.0 Å². The number of methoxy groups -OCH3 is 1. The third kappa shape index (κ3) is 2.30. The molecule has 1 fully saturated rings. The van der Waals surface area contributed by atoms with Crippen molar-refractivity contribution in [1.82, 2.24) is 4.90 Å². The number of carbonyl (C=O) groups is 1. The van der Waals surface area contributed by atoms with Crippen LogP contribution in [0.3, 0.4) is 0 Å². The largest absolute Gasteiger partial charge is 0.496 e. The molecular weight excluding hydrogens is 226 g/mol. The molecule has 0 bridgehead atoms. The highest BCUT2D eigenvalue weighted by Gasteiger charge is 2.21. The Morgan fingerprint density at radius 2 is 2.31 bits per heavy atom. The van der Waals surface area contributed by atoms with Gasteiger partial charge < -0.3 is 9.64 Å². The molecule has 3 nitrogen and oxygen atoms in total. The van der Waals surface area contributed by atoms with Gasteiger partial charge in [-0.05, 0) is 24.6 Å². The van der Waals surface area contributed by atoms with E-state index in [-0.39, 0.29) is 5.91 Å². The van der Waals surface area contributed by atoms with Gasteiger partial charge in [-0.3, -0.25) is 4.79 Å². The summed E-state index contributed by atoms with van der Waals surface area (Å²) in [5.74, 6) is 0.992. The summed E-state index contributed by atoms with van der Waals surface area (Å²) in [6, 6.07) is 5.47. The Bertz CT molecular complexity index is 406. The molecule has 1 aliphatic rings.